The first-order valence-electron chi connectivity index (χ1n) is 4.79. The van der Waals surface area contributed by atoms with Gasteiger partial charge in [-0.05, 0) is 32.1 Å². The molecule has 1 aliphatic rings. The van der Waals surface area contributed by atoms with Gasteiger partial charge in [-0.25, -0.2) is 4.98 Å². The maximum absolute atomic E-state index is 6.06. The van der Waals surface area contributed by atoms with Crippen molar-refractivity contribution in [2.45, 2.75) is 38.0 Å². The molecule has 0 amide bonds. The largest absolute Gasteiger partial charge is 0.247 e. The number of halogens is 1. The van der Waals surface area contributed by atoms with Crippen LogP contribution in [-0.2, 0) is 6.42 Å². The number of nitrogens with zero attached hydrogens (tertiary/aromatic N) is 1. The van der Waals surface area contributed by atoms with E-state index in [1.165, 1.54) is 24.3 Å². The molecule has 0 saturated heterocycles. The molecule has 3 heteroatoms. The van der Waals surface area contributed by atoms with Crippen molar-refractivity contribution < 1.29 is 0 Å². The molecule has 1 aromatic rings. The van der Waals surface area contributed by atoms with Gasteiger partial charge < -0.3 is 0 Å². The van der Waals surface area contributed by atoms with Crippen LogP contribution >= 0.6 is 22.9 Å². The van der Waals surface area contributed by atoms with Crippen LogP contribution in [0.15, 0.2) is 5.38 Å². The average Bonchev–Trinajstić information content (AvgIpc) is 2.62. The summed E-state index contributed by atoms with van der Waals surface area (Å²) in [7, 11) is 0. The van der Waals surface area contributed by atoms with Crippen molar-refractivity contribution in [3.63, 3.8) is 0 Å². The lowest BCUT2D eigenvalue weighted by Crippen LogP contribution is -1.99. The number of hydrogen-bond acceptors (Lipinski definition) is 2. The number of alkyl halides is 1. The molecular formula is C10H14ClNS. The van der Waals surface area contributed by atoms with Crippen molar-refractivity contribution in [3.8, 4) is 0 Å². The first-order valence-corrected chi connectivity index (χ1v) is 6.10. The lowest BCUT2D eigenvalue weighted by molar-refractivity contribution is 0.545. The number of thiazole rings is 1. The summed E-state index contributed by atoms with van der Waals surface area (Å²) in [5, 5.41) is 3.84. The van der Waals surface area contributed by atoms with Crippen LogP contribution in [-0.4, -0.2) is 10.4 Å². The Hall–Kier alpha value is -0.0800. The molecule has 0 aliphatic heterocycles. The lowest BCUT2D eigenvalue weighted by atomic mass is 10.1. The van der Waals surface area contributed by atoms with Crippen molar-refractivity contribution in [3.05, 3.63) is 16.1 Å². The monoisotopic (exact) mass is 215 g/mol. The molecule has 0 radical (unpaired) electrons. The summed E-state index contributed by atoms with van der Waals surface area (Å²) in [6, 6.07) is 0. The summed E-state index contributed by atoms with van der Waals surface area (Å²) < 4.78 is 0. The van der Waals surface area contributed by atoms with Crippen LogP contribution in [0.25, 0.3) is 0 Å². The third-order valence-corrected chi connectivity index (χ3v) is 3.99. The average molecular weight is 216 g/mol. The predicted molar refractivity (Wildman–Crippen MR) is 57.5 cm³/mol. The molecule has 2 atom stereocenters. The van der Waals surface area contributed by atoms with Crippen molar-refractivity contribution in [1.82, 2.24) is 4.98 Å². The molecule has 72 valence electrons. The third kappa shape index (κ3) is 2.44. The topological polar surface area (TPSA) is 12.9 Å². The summed E-state index contributed by atoms with van der Waals surface area (Å²) in [5.41, 5.74) is 1.15. The molecule has 0 N–H and O–H groups in total. The van der Waals surface area contributed by atoms with E-state index in [0.717, 1.165) is 18.0 Å². The molecule has 13 heavy (non-hydrogen) atoms. The van der Waals surface area contributed by atoms with Gasteiger partial charge >= 0.3 is 0 Å². The SMILES string of the molecule is Cc1csc(CC2CCC(Cl)C2)n1. The minimum atomic E-state index is 0.422. The fourth-order valence-electron chi connectivity index (χ4n) is 1.94. The van der Waals surface area contributed by atoms with Crippen LogP contribution in [0.1, 0.15) is 30.0 Å². The first-order chi connectivity index (χ1) is 6.24. The predicted octanol–water partition coefficient (Wildman–Crippen LogP) is 3.40. The van der Waals surface area contributed by atoms with Gasteiger partial charge in [-0.15, -0.1) is 22.9 Å². The van der Waals surface area contributed by atoms with Crippen molar-refractivity contribution in [1.29, 1.82) is 0 Å². The second-order valence-electron chi connectivity index (χ2n) is 3.86. The van der Waals surface area contributed by atoms with Gasteiger partial charge in [-0.3, -0.25) is 0 Å². The third-order valence-electron chi connectivity index (χ3n) is 2.61. The fraction of sp³-hybridized carbons (Fsp3) is 0.700. The van der Waals surface area contributed by atoms with Gasteiger partial charge in [0, 0.05) is 22.9 Å². The zero-order chi connectivity index (χ0) is 9.26. The Balaban J connectivity index is 1.91. The maximum Gasteiger partial charge on any atom is 0.0930 e. The zero-order valence-electron chi connectivity index (χ0n) is 7.79. The Bertz CT molecular complexity index is 284. The van der Waals surface area contributed by atoms with Gasteiger partial charge in [0.1, 0.15) is 0 Å². The summed E-state index contributed by atoms with van der Waals surface area (Å²) in [6.45, 7) is 2.05. The van der Waals surface area contributed by atoms with Crippen LogP contribution in [0.3, 0.4) is 0 Å². The molecule has 1 fully saturated rings. The molecular weight excluding hydrogens is 202 g/mol. The van der Waals surface area contributed by atoms with E-state index < -0.39 is 0 Å². The second kappa shape index (κ2) is 3.97. The van der Waals surface area contributed by atoms with E-state index in [1.54, 1.807) is 11.3 Å². The second-order valence-corrected chi connectivity index (χ2v) is 5.42. The standard InChI is InChI=1S/C10H14ClNS/c1-7-6-13-10(12-7)5-8-2-3-9(11)4-8/h6,8-9H,2-5H2,1H3. The van der Waals surface area contributed by atoms with Crippen LogP contribution < -0.4 is 0 Å². The van der Waals surface area contributed by atoms with E-state index in [1.807, 2.05) is 0 Å². The van der Waals surface area contributed by atoms with Crippen molar-refractivity contribution in [2.75, 3.05) is 0 Å². The highest BCUT2D eigenvalue weighted by molar-refractivity contribution is 7.09. The summed E-state index contributed by atoms with van der Waals surface area (Å²) in [6.07, 6.45) is 4.80. The maximum atomic E-state index is 6.06. The summed E-state index contributed by atoms with van der Waals surface area (Å²) >= 11 is 7.84. The van der Waals surface area contributed by atoms with Gasteiger partial charge in [0.05, 0.1) is 5.01 Å². The Labute approximate surface area is 88.1 Å². The molecule has 1 aromatic heterocycles. The molecule has 1 heterocycles. The first kappa shape index (κ1) is 9.47. The minimum absolute atomic E-state index is 0.422. The Morgan fingerprint density at radius 2 is 2.46 bits per heavy atom. The van der Waals surface area contributed by atoms with Crippen LogP contribution in [0.2, 0.25) is 0 Å². The number of rotatable bonds is 2. The van der Waals surface area contributed by atoms with Crippen LogP contribution in [0.4, 0.5) is 0 Å². The van der Waals surface area contributed by atoms with E-state index in [9.17, 15) is 0 Å². The molecule has 2 rings (SSSR count). The molecule has 2 unspecified atom stereocenters. The van der Waals surface area contributed by atoms with Gasteiger partial charge in [0.25, 0.3) is 0 Å². The minimum Gasteiger partial charge on any atom is -0.247 e. The highest BCUT2D eigenvalue weighted by Crippen LogP contribution is 2.32. The highest BCUT2D eigenvalue weighted by atomic mass is 35.5. The molecule has 1 saturated carbocycles. The van der Waals surface area contributed by atoms with Gasteiger partial charge in [-0.2, -0.15) is 0 Å². The number of hydrogen-bond donors (Lipinski definition) is 0. The highest BCUT2D eigenvalue weighted by Gasteiger charge is 2.23. The fourth-order valence-corrected chi connectivity index (χ4v) is 3.21. The van der Waals surface area contributed by atoms with E-state index in [-0.39, 0.29) is 0 Å². The molecule has 0 bridgehead atoms. The smallest absolute Gasteiger partial charge is 0.0930 e. The van der Waals surface area contributed by atoms with Gasteiger partial charge in [0.2, 0.25) is 0 Å². The van der Waals surface area contributed by atoms with Gasteiger partial charge in [0.15, 0.2) is 0 Å². The van der Waals surface area contributed by atoms with Gasteiger partial charge in [-0.1, -0.05) is 0 Å². The quantitative estimate of drug-likeness (QED) is 0.690. The van der Waals surface area contributed by atoms with E-state index in [2.05, 4.69) is 17.3 Å². The normalized spacial score (nSPS) is 28.2. The van der Waals surface area contributed by atoms with E-state index >= 15 is 0 Å². The molecule has 0 spiro atoms. The summed E-state index contributed by atoms with van der Waals surface area (Å²) in [4.78, 5) is 4.47. The van der Waals surface area contributed by atoms with Crippen LogP contribution in [0.5, 0.6) is 0 Å². The Morgan fingerprint density at radius 1 is 1.62 bits per heavy atom. The lowest BCUT2D eigenvalue weighted by Gasteiger charge is -2.05. The van der Waals surface area contributed by atoms with Crippen molar-refractivity contribution in [2.24, 2.45) is 5.92 Å². The van der Waals surface area contributed by atoms with E-state index in [0.29, 0.717) is 5.38 Å². The Morgan fingerprint density at radius 3 is 3.00 bits per heavy atom. The number of aromatic nitrogens is 1. The summed E-state index contributed by atoms with van der Waals surface area (Å²) in [5.74, 6) is 0.785. The van der Waals surface area contributed by atoms with E-state index in [4.69, 9.17) is 11.6 Å². The molecule has 0 aromatic carbocycles. The van der Waals surface area contributed by atoms with Crippen LogP contribution in [0, 0.1) is 12.8 Å². The molecule has 1 aliphatic carbocycles. The number of aryl methyl sites for hydroxylation is 1. The van der Waals surface area contributed by atoms with Crippen molar-refractivity contribution >= 4 is 22.9 Å². The zero-order valence-corrected chi connectivity index (χ0v) is 9.37. The Kier molecular flexibility index (Phi) is 2.89. The molecule has 1 nitrogen and oxygen atoms in total.